The van der Waals surface area contributed by atoms with Gasteiger partial charge in [-0.15, -0.1) is 11.8 Å². The Morgan fingerprint density at radius 2 is 2.21 bits per heavy atom. The van der Waals surface area contributed by atoms with Crippen LogP contribution in [0.15, 0.2) is 21.6 Å². The zero-order chi connectivity index (χ0) is 14.3. The molecule has 1 rings (SSSR count). The fourth-order valence-corrected chi connectivity index (χ4v) is 3.12. The van der Waals surface area contributed by atoms with E-state index in [0.717, 1.165) is 27.4 Å². The minimum absolute atomic E-state index is 0.127. The number of ether oxygens (including phenoxy) is 1. The molecule has 0 amide bonds. The second-order valence-corrected chi connectivity index (χ2v) is 6.63. The molecule has 0 aliphatic heterocycles. The van der Waals surface area contributed by atoms with Gasteiger partial charge in [-0.25, -0.2) is 4.98 Å². The van der Waals surface area contributed by atoms with E-state index in [1.165, 1.54) is 12.8 Å². The molecule has 19 heavy (non-hydrogen) atoms. The van der Waals surface area contributed by atoms with Gasteiger partial charge in [0.2, 0.25) is 5.05 Å². The van der Waals surface area contributed by atoms with Crippen LogP contribution >= 0.6 is 39.9 Å². The lowest BCUT2D eigenvalue weighted by Crippen LogP contribution is -2.15. The average Bonchev–Trinajstić information content (AvgIpc) is 2.40. The molecule has 1 aromatic rings. The summed E-state index contributed by atoms with van der Waals surface area (Å²) < 4.78 is 6.51. The lowest BCUT2D eigenvalue weighted by atomic mass is 10.3. The summed E-state index contributed by atoms with van der Waals surface area (Å²) in [6.07, 6.45) is 3.45. The molecule has 1 heterocycles. The summed E-state index contributed by atoms with van der Waals surface area (Å²) in [5, 5.41) is 0.495. The minimum Gasteiger partial charge on any atom is -0.479 e. The predicted octanol–water partition coefficient (Wildman–Crippen LogP) is 5.23. The Balaban J connectivity index is 2.83. The lowest BCUT2D eigenvalue weighted by molar-refractivity contribution is 0.210. The van der Waals surface area contributed by atoms with E-state index in [0.29, 0.717) is 5.05 Å². The fourth-order valence-electron chi connectivity index (χ4n) is 1.33. The predicted molar refractivity (Wildman–Crippen MR) is 90.1 cm³/mol. The molecule has 0 saturated heterocycles. The third-order valence-corrected chi connectivity index (χ3v) is 4.52. The molecule has 0 saturated carbocycles. The summed E-state index contributed by atoms with van der Waals surface area (Å²) >= 11 is 10.6. The number of aromatic nitrogens is 1. The summed E-state index contributed by atoms with van der Waals surface area (Å²) in [7, 11) is 0. The molecule has 1 aromatic heterocycles. The maximum absolute atomic E-state index is 5.72. The highest BCUT2D eigenvalue weighted by molar-refractivity contribution is 9.10. The third-order valence-electron chi connectivity index (χ3n) is 2.66. The van der Waals surface area contributed by atoms with Crippen LogP contribution in [-0.4, -0.2) is 21.9 Å². The van der Waals surface area contributed by atoms with Crippen LogP contribution in [0, 0.1) is 0 Å². The molecular formula is C14H20BrNOS2. The molecule has 1 atom stereocenters. The molecule has 1 unspecified atom stereocenters. The number of nitrogens with zero attached hydrogens (tertiary/aromatic N) is 1. The van der Waals surface area contributed by atoms with Crippen LogP contribution in [0.25, 0.3) is 0 Å². The van der Waals surface area contributed by atoms with Gasteiger partial charge in [0.1, 0.15) is 10.3 Å². The zero-order valence-electron chi connectivity index (χ0n) is 11.6. The van der Waals surface area contributed by atoms with Gasteiger partial charge in [-0.1, -0.05) is 20.3 Å². The van der Waals surface area contributed by atoms with Gasteiger partial charge in [0.25, 0.3) is 0 Å². The van der Waals surface area contributed by atoms with E-state index in [1.807, 2.05) is 13.0 Å². The van der Waals surface area contributed by atoms with Crippen LogP contribution in [0.2, 0.25) is 0 Å². The van der Waals surface area contributed by atoms with Gasteiger partial charge in [-0.2, -0.15) is 0 Å². The standard InChI is InChI=1S/C14H20BrNOS2/c1-4-6-9-19-11-7-8-12(15)16-13(11)14(18)17-10(3)5-2/h7-8,10H,4-6,9H2,1-3H3. The van der Waals surface area contributed by atoms with Gasteiger partial charge in [0, 0.05) is 4.90 Å². The summed E-state index contributed by atoms with van der Waals surface area (Å²) in [5.74, 6) is 1.08. The molecule has 0 aliphatic carbocycles. The number of hydrogen-bond donors (Lipinski definition) is 0. The summed E-state index contributed by atoms with van der Waals surface area (Å²) in [6.45, 7) is 6.30. The largest absolute Gasteiger partial charge is 0.479 e. The Kier molecular flexibility index (Phi) is 7.95. The van der Waals surface area contributed by atoms with Crippen LogP contribution in [0.4, 0.5) is 0 Å². The Morgan fingerprint density at radius 3 is 2.84 bits per heavy atom. The molecule has 0 spiro atoms. The summed E-state index contributed by atoms with van der Waals surface area (Å²) in [4.78, 5) is 5.57. The Hall–Kier alpha value is -0.130. The molecule has 0 bridgehead atoms. The Morgan fingerprint density at radius 1 is 1.47 bits per heavy atom. The van der Waals surface area contributed by atoms with Gasteiger partial charge >= 0.3 is 0 Å². The minimum atomic E-state index is 0.127. The number of unbranched alkanes of at least 4 members (excludes halogenated alkanes) is 1. The number of halogens is 1. The molecule has 0 radical (unpaired) electrons. The van der Waals surface area contributed by atoms with E-state index in [1.54, 1.807) is 11.8 Å². The van der Waals surface area contributed by atoms with Crippen LogP contribution in [0.5, 0.6) is 0 Å². The first-order valence-electron chi connectivity index (χ1n) is 6.58. The molecule has 106 valence electrons. The van der Waals surface area contributed by atoms with Gasteiger partial charge in [-0.05, 0) is 65.8 Å². The van der Waals surface area contributed by atoms with Crippen molar-refractivity contribution < 1.29 is 4.74 Å². The quantitative estimate of drug-likeness (QED) is 0.287. The topological polar surface area (TPSA) is 22.1 Å². The van der Waals surface area contributed by atoms with Crippen LogP contribution < -0.4 is 0 Å². The molecule has 2 nitrogen and oxygen atoms in total. The maximum Gasteiger partial charge on any atom is 0.211 e. The SMILES string of the molecule is CCCCSc1ccc(Br)nc1C(=S)OC(C)CC. The van der Waals surface area contributed by atoms with E-state index in [9.17, 15) is 0 Å². The average molecular weight is 362 g/mol. The van der Waals surface area contributed by atoms with Gasteiger partial charge in [-0.3, -0.25) is 0 Å². The normalized spacial score (nSPS) is 12.2. The van der Waals surface area contributed by atoms with Crippen molar-refractivity contribution in [1.82, 2.24) is 4.98 Å². The van der Waals surface area contributed by atoms with Crippen molar-refractivity contribution in [2.45, 2.75) is 51.0 Å². The van der Waals surface area contributed by atoms with Crippen molar-refractivity contribution in [3.63, 3.8) is 0 Å². The van der Waals surface area contributed by atoms with Crippen molar-refractivity contribution in [2.75, 3.05) is 5.75 Å². The molecule has 5 heteroatoms. The summed E-state index contributed by atoms with van der Waals surface area (Å²) in [6, 6.07) is 4.00. The van der Waals surface area contributed by atoms with E-state index < -0.39 is 0 Å². The molecular weight excluding hydrogens is 342 g/mol. The van der Waals surface area contributed by atoms with E-state index in [4.69, 9.17) is 17.0 Å². The van der Waals surface area contributed by atoms with Crippen molar-refractivity contribution in [3.05, 3.63) is 22.4 Å². The first-order chi connectivity index (χ1) is 9.08. The van der Waals surface area contributed by atoms with Gasteiger partial charge < -0.3 is 4.74 Å². The lowest BCUT2D eigenvalue weighted by Gasteiger charge is -2.15. The second-order valence-electron chi connectivity index (χ2n) is 4.31. The monoisotopic (exact) mass is 361 g/mol. The first kappa shape index (κ1) is 16.9. The number of hydrogen-bond acceptors (Lipinski definition) is 4. The summed E-state index contributed by atoms with van der Waals surface area (Å²) in [5.41, 5.74) is 0.783. The highest BCUT2D eigenvalue weighted by atomic mass is 79.9. The fraction of sp³-hybridized carbons (Fsp3) is 0.571. The highest BCUT2D eigenvalue weighted by Crippen LogP contribution is 2.26. The number of thiocarbonyl (C=S) groups is 1. The van der Waals surface area contributed by atoms with Gasteiger partial charge in [0.05, 0.1) is 6.10 Å². The van der Waals surface area contributed by atoms with Gasteiger partial charge in [0.15, 0.2) is 0 Å². The van der Waals surface area contributed by atoms with Crippen molar-refractivity contribution in [1.29, 1.82) is 0 Å². The number of pyridine rings is 1. The second kappa shape index (κ2) is 8.93. The first-order valence-corrected chi connectivity index (χ1v) is 8.77. The van der Waals surface area contributed by atoms with E-state index in [-0.39, 0.29) is 6.10 Å². The van der Waals surface area contributed by atoms with Crippen molar-refractivity contribution in [3.8, 4) is 0 Å². The Bertz CT molecular complexity index is 426. The third kappa shape index (κ3) is 5.79. The number of rotatable bonds is 7. The van der Waals surface area contributed by atoms with Crippen LogP contribution in [-0.2, 0) is 4.74 Å². The van der Waals surface area contributed by atoms with E-state index >= 15 is 0 Å². The van der Waals surface area contributed by atoms with E-state index in [2.05, 4.69) is 40.8 Å². The molecule has 0 aliphatic rings. The highest BCUT2D eigenvalue weighted by Gasteiger charge is 2.14. The maximum atomic E-state index is 5.72. The van der Waals surface area contributed by atoms with Crippen LogP contribution in [0.3, 0.4) is 0 Å². The molecule has 0 aromatic carbocycles. The zero-order valence-corrected chi connectivity index (χ0v) is 14.8. The molecule has 0 fully saturated rings. The smallest absolute Gasteiger partial charge is 0.211 e. The molecule has 0 N–H and O–H groups in total. The van der Waals surface area contributed by atoms with Crippen molar-refractivity contribution in [2.24, 2.45) is 0 Å². The van der Waals surface area contributed by atoms with Crippen LogP contribution in [0.1, 0.15) is 45.7 Å². The Labute approximate surface area is 133 Å². The van der Waals surface area contributed by atoms with Crippen molar-refractivity contribution >= 4 is 45.0 Å². The number of thioether (sulfide) groups is 1.